The van der Waals surface area contributed by atoms with Gasteiger partial charge in [-0.2, -0.15) is 0 Å². The first-order valence-corrected chi connectivity index (χ1v) is 7.65. The van der Waals surface area contributed by atoms with Gasteiger partial charge in [-0.15, -0.1) is 0 Å². The van der Waals surface area contributed by atoms with E-state index in [0.29, 0.717) is 17.0 Å². The molecule has 126 valence electrons. The van der Waals surface area contributed by atoms with Crippen LogP contribution < -0.4 is 10.9 Å². The fraction of sp³-hybridized carbons (Fsp3) is 0.111. The Hall–Kier alpha value is -3.35. The largest absolute Gasteiger partial charge is 0.349 e. The number of carbonyl (C=O) groups excluding carboxylic acids is 1. The first-order valence-electron chi connectivity index (χ1n) is 7.65. The molecule has 0 bridgehead atoms. The van der Waals surface area contributed by atoms with E-state index < -0.39 is 0 Å². The van der Waals surface area contributed by atoms with Crippen molar-refractivity contribution in [2.45, 2.75) is 6.54 Å². The molecule has 0 aliphatic rings. The van der Waals surface area contributed by atoms with Gasteiger partial charge in [0.1, 0.15) is 11.5 Å². The first-order chi connectivity index (χ1) is 12.1. The lowest BCUT2D eigenvalue weighted by Crippen LogP contribution is -2.31. The summed E-state index contributed by atoms with van der Waals surface area (Å²) < 4.78 is 14.3. The monoisotopic (exact) mass is 338 g/mol. The Morgan fingerprint density at radius 2 is 1.92 bits per heavy atom. The maximum atomic E-state index is 12.9. The third-order valence-corrected chi connectivity index (χ3v) is 3.56. The predicted molar refractivity (Wildman–Crippen MR) is 90.5 cm³/mol. The van der Waals surface area contributed by atoms with Crippen LogP contribution in [0.5, 0.6) is 0 Å². The molecule has 6 nitrogen and oxygen atoms in total. The Bertz CT molecular complexity index is 924. The topological polar surface area (TPSA) is 76.9 Å². The van der Waals surface area contributed by atoms with E-state index in [1.54, 1.807) is 30.3 Å². The summed E-state index contributed by atoms with van der Waals surface area (Å²) in [6.07, 6.45) is 2.95. The van der Waals surface area contributed by atoms with E-state index >= 15 is 0 Å². The number of pyridine rings is 1. The van der Waals surface area contributed by atoms with Crippen molar-refractivity contribution in [3.63, 3.8) is 0 Å². The Labute approximate surface area is 143 Å². The molecule has 0 aliphatic heterocycles. The van der Waals surface area contributed by atoms with Gasteiger partial charge in [0.15, 0.2) is 0 Å². The highest BCUT2D eigenvalue weighted by Gasteiger charge is 2.06. The van der Waals surface area contributed by atoms with E-state index in [4.69, 9.17) is 0 Å². The zero-order chi connectivity index (χ0) is 17.6. The van der Waals surface area contributed by atoms with Crippen molar-refractivity contribution in [2.24, 2.45) is 0 Å². The van der Waals surface area contributed by atoms with Gasteiger partial charge in [-0.1, -0.05) is 6.07 Å². The van der Waals surface area contributed by atoms with E-state index in [1.165, 1.54) is 35.3 Å². The van der Waals surface area contributed by atoms with Crippen LogP contribution in [0.25, 0.3) is 11.3 Å². The fourth-order valence-electron chi connectivity index (χ4n) is 2.25. The van der Waals surface area contributed by atoms with Crippen LogP contribution >= 0.6 is 0 Å². The molecule has 3 aromatic rings. The number of halogens is 1. The van der Waals surface area contributed by atoms with E-state index in [0.717, 1.165) is 0 Å². The maximum Gasteiger partial charge on any atom is 0.269 e. The van der Waals surface area contributed by atoms with Crippen molar-refractivity contribution >= 4 is 5.91 Å². The molecular formula is C18H15FN4O2. The van der Waals surface area contributed by atoms with Crippen LogP contribution in [0.1, 0.15) is 10.5 Å². The zero-order valence-electron chi connectivity index (χ0n) is 13.2. The van der Waals surface area contributed by atoms with E-state index in [9.17, 15) is 14.0 Å². The summed E-state index contributed by atoms with van der Waals surface area (Å²) in [6.45, 7) is 0.557. The van der Waals surface area contributed by atoms with Crippen molar-refractivity contribution in [1.29, 1.82) is 0 Å². The number of amides is 1. The summed E-state index contributed by atoms with van der Waals surface area (Å²) in [5.41, 5.74) is 1.20. The van der Waals surface area contributed by atoms with Gasteiger partial charge in [-0.3, -0.25) is 19.1 Å². The molecule has 3 rings (SSSR count). The van der Waals surface area contributed by atoms with Crippen LogP contribution in [0.3, 0.4) is 0 Å². The normalized spacial score (nSPS) is 10.4. The van der Waals surface area contributed by atoms with Gasteiger partial charge in [-0.05, 0) is 36.4 Å². The molecule has 0 unspecified atom stereocenters. The quantitative estimate of drug-likeness (QED) is 0.770. The van der Waals surface area contributed by atoms with E-state index in [-0.39, 0.29) is 30.4 Å². The average Bonchev–Trinajstić information content (AvgIpc) is 2.64. The average molecular weight is 338 g/mol. The van der Waals surface area contributed by atoms with Gasteiger partial charge in [-0.25, -0.2) is 9.37 Å². The van der Waals surface area contributed by atoms with Crippen molar-refractivity contribution in [3.05, 3.63) is 82.9 Å². The molecule has 0 spiro atoms. The summed E-state index contributed by atoms with van der Waals surface area (Å²) in [4.78, 5) is 32.2. The maximum absolute atomic E-state index is 12.9. The molecule has 0 fully saturated rings. The Morgan fingerprint density at radius 1 is 1.12 bits per heavy atom. The van der Waals surface area contributed by atoms with Crippen LogP contribution in [0.2, 0.25) is 0 Å². The molecule has 0 radical (unpaired) electrons. The Kier molecular flexibility index (Phi) is 4.94. The molecular weight excluding hydrogens is 323 g/mol. The Morgan fingerprint density at radius 3 is 2.60 bits per heavy atom. The van der Waals surface area contributed by atoms with Crippen molar-refractivity contribution < 1.29 is 9.18 Å². The highest BCUT2D eigenvalue weighted by molar-refractivity contribution is 5.92. The predicted octanol–water partition coefficient (Wildman–Crippen LogP) is 1.87. The molecule has 25 heavy (non-hydrogen) atoms. The number of hydrogen-bond donors (Lipinski definition) is 1. The third kappa shape index (κ3) is 4.14. The van der Waals surface area contributed by atoms with E-state index in [2.05, 4.69) is 15.3 Å². The highest BCUT2D eigenvalue weighted by atomic mass is 19.1. The van der Waals surface area contributed by atoms with Crippen LogP contribution in [-0.2, 0) is 6.54 Å². The van der Waals surface area contributed by atoms with Gasteiger partial charge in [0.05, 0.1) is 12.0 Å². The summed E-state index contributed by atoms with van der Waals surface area (Å²) in [5, 5.41) is 2.70. The Balaban J connectivity index is 1.63. The number of hydrogen-bond acceptors (Lipinski definition) is 4. The van der Waals surface area contributed by atoms with Gasteiger partial charge >= 0.3 is 0 Å². The fourth-order valence-corrected chi connectivity index (χ4v) is 2.25. The molecule has 0 saturated heterocycles. The lowest BCUT2D eigenvalue weighted by Gasteiger charge is -2.08. The van der Waals surface area contributed by atoms with E-state index in [1.807, 2.05) is 0 Å². The smallest absolute Gasteiger partial charge is 0.269 e. The second kappa shape index (κ2) is 7.48. The van der Waals surface area contributed by atoms with Gasteiger partial charge < -0.3 is 5.32 Å². The van der Waals surface area contributed by atoms with Gasteiger partial charge in [0.2, 0.25) is 0 Å². The number of carbonyl (C=O) groups is 1. The minimum atomic E-state index is -0.347. The molecule has 7 heteroatoms. The molecule has 1 N–H and O–H groups in total. The highest BCUT2D eigenvalue weighted by Crippen LogP contribution is 2.14. The summed E-state index contributed by atoms with van der Waals surface area (Å²) in [6, 6.07) is 12.2. The second-order valence-corrected chi connectivity index (χ2v) is 5.28. The minimum Gasteiger partial charge on any atom is -0.349 e. The summed E-state index contributed by atoms with van der Waals surface area (Å²) in [5.74, 6) is -0.648. The van der Waals surface area contributed by atoms with Crippen molar-refractivity contribution in [2.75, 3.05) is 6.54 Å². The van der Waals surface area contributed by atoms with Crippen LogP contribution in [0.4, 0.5) is 4.39 Å². The number of rotatable bonds is 5. The lowest BCUT2D eigenvalue weighted by atomic mass is 10.1. The summed E-state index contributed by atoms with van der Waals surface area (Å²) in [7, 11) is 0. The third-order valence-electron chi connectivity index (χ3n) is 3.56. The van der Waals surface area contributed by atoms with Crippen LogP contribution in [-0.4, -0.2) is 27.0 Å². The molecule has 1 aromatic carbocycles. The van der Waals surface area contributed by atoms with Crippen molar-refractivity contribution in [1.82, 2.24) is 19.9 Å². The molecule has 0 aliphatic carbocycles. The molecule has 0 atom stereocenters. The van der Waals surface area contributed by atoms with Crippen molar-refractivity contribution in [3.8, 4) is 11.3 Å². The van der Waals surface area contributed by atoms with Gasteiger partial charge in [0.25, 0.3) is 11.5 Å². The molecule has 1 amide bonds. The number of nitrogens with zero attached hydrogens (tertiary/aromatic N) is 3. The number of aromatic nitrogens is 3. The molecule has 0 saturated carbocycles. The number of nitrogens with one attached hydrogen (secondary N) is 1. The SMILES string of the molecule is O=C(NCCn1cnc(-c2ccc(F)cc2)cc1=O)c1ccccn1. The van der Waals surface area contributed by atoms with Crippen LogP contribution in [0, 0.1) is 5.82 Å². The standard InChI is InChI=1S/C18H15FN4O2/c19-14-6-4-13(5-7-14)16-11-17(24)23(12-22-16)10-9-21-18(25)15-3-1-2-8-20-15/h1-8,11-12H,9-10H2,(H,21,25). The lowest BCUT2D eigenvalue weighted by molar-refractivity contribution is 0.0947. The van der Waals surface area contributed by atoms with Crippen LogP contribution in [0.15, 0.2) is 65.8 Å². The first kappa shape index (κ1) is 16.5. The van der Waals surface area contributed by atoms with Gasteiger partial charge in [0, 0.05) is 30.9 Å². The summed E-state index contributed by atoms with van der Waals surface area (Å²) >= 11 is 0. The molecule has 2 heterocycles. The minimum absolute atomic E-state index is 0.249. The number of benzene rings is 1. The zero-order valence-corrected chi connectivity index (χ0v) is 13.2. The molecule has 2 aromatic heterocycles. The second-order valence-electron chi connectivity index (χ2n) is 5.28.